The highest BCUT2D eigenvalue weighted by atomic mass is 32.1. The fourth-order valence-electron chi connectivity index (χ4n) is 3.35. The van der Waals surface area contributed by atoms with Crippen LogP contribution in [0.15, 0.2) is 23.7 Å². The van der Waals surface area contributed by atoms with Crippen LogP contribution in [0.1, 0.15) is 38.5 Å². The number of aliphatic carboxylic acids is 1. The number of hydrogen-bond donors (Lipinski definition) is 2. The molecule has 2 heterocycles. The number of rotatable bonds is 5. The van der Waals surface area contributed by atoms with Gasteiger partial charge < -0.3 is 10.4 Å². The summed E-state index contributed by atoms with van der Waals surface area (Å²) in [5, 5.41) is 15.8. The third-order valence-corrected chi connectivity index (χ3v) is 5.33. The molecular weight excluding hydrogens is 284 g/mol. The van der Waals surface area contributed by atoms with Crippen LogP contribution in [0.25, 0.3) is 10.1 Å². The second-order valence-electron chi connectivity index (χ2n) is 5.98. The van der Waals surface area contributed by atoms with E-state index in [1.165, 1.54) is 11.1 Å². The van der Waals surface area contributed by atoms with Gasteiger partial charge in [0, 0.05) is 22.8 Å². The first-order valence-corrected chi connectivity index (χ1v) is 8.34. The van der Waals surface area contributed by atoms with Crippen LogP contribution < -0.4 is 5.32 Å². The molecule has 0 unspecified atom stereocenters. The zero-order chi connectivity index (χ0) is 14.7. The predicted octanol–water partition coefficient (Wildman–Crippen LogP) is 4.13. The summed E-state index contributed by atoms with van der Waals surface area (Å²) in [4.78, 5) is 15.6. The molecule has 0 spiro atoms. The van der Waals surface area contributed by atoms with Crippen molar-refractivity contribution in [1.29, 1.82) is 0 Å². The van der Waals surface area contributed by atoms with Crippen LogP contribution in [0.2, 0.25) is 0 Å². The Bertz CT molecular complexity index is 632. The van der Waals surface area contributed by atoms with E-state index in [9.17, 15) is 9.90 Å². The largest absolute Gasteiger partial charge is 0.481 e. The molecule has 0 amide bonds. The number of carbonyl (C=O) groups is 1. The van der Waals surface area contributed by atoms with Gasteiger partial charge in [-0.1, -0.05) is 19.3 Å². The topological polar surface area (TPSA) is 62.2 Å². The molecule has 0 aromatic carbocycles. The molecule has 0 radical (unpaired) electrons. The van der Waals surface area contributed by atoms with Gasteiger partial charge in [0.05, 0.1) is 6.42 Å². The van der Waals surface area contributed by atoms with E-state index < -0.39 is 5.97 Å². The summed E-state index contributed by atoms with van der Waals surface area (Å²) in [6.07, 6.45) is 7.53. The summed E-state index contributed by atoms with van der Waals surface area (Å²) in [5.74, 6) is 0.185. The minimum atomic E-state index is -0.694. The zero-order valence-electron chi connectivity index (χ0n) is 12.0. The summed E-state index contributed by atoms with van der Waals surface area (Å²) in [7, 11) is 0. The summed E-state index contributed by atoms with van der Waals surface area (Å²) >= 11 is 1.70. The molecule has 21 heavy (non-hydrogen) atoms. The third-order valence-electron chi connectivity index (χ3n) is 4.45. The maximum absolute atomic E-state index is 11.2. The number of pyridine rings is 1. The summed E-state index contributed by atoms with van der Waals surface area (Å²) in [6.45, 7) is 0.696. The van der Waals surface area contributed by atoms with E-state index in [-0.39, 0.29) is 11.8 Å². The van der Waals surface area contributed by atoms with Crippen LogP contribution in [-0.2, 0) is 4.79 Å². The Balaban J connectivity index is 1.77. The molecule has 0 atom stereocenters. The van der Waals surface area contributed by atoms with Gasteiger partial charge in [-0.25, -0.2) is 4.98 Å². The summed E-state index contributed by atoms with van der Waals surface area (Å²) < 4.78 is 1.21. The quantitative estimate of drug-likeness (QED) is 0.871. The molecule has 1 fully saturated rings. The second kappa shape index (κ2) is 6.02. The van der Waals surface area contributed by atoms with Crippen LogP contribution >= 0.6 is 11.3 Å². The number of anilines is 1. The number of hydrogen-bond acceptors (Lipinski definition) is 4. The molecular formula is C16H20N2O2S. The molecule has 0 aliphatic heterocycles. The van der Waals surface area contributed by atoms with Gasteiger partial charge in [-0.15, -0.1) is 11.3 Å². The number of fused-ring (bicyclic) bond motifs is 1. The Labute approximate surface area is 128 Å². The lowest BCUT2D eigenvalue weighted by Crippen LogP contribution is -2.34. The van der Waals surface area contributed by atoms with E-state index in [0.29, 0.717) is 6.54 Å². The van der Waals surface area contributed by atoms with Gasteiger partial charge in [0.25, 0.3) is 0 Å². The van der Waals surface area contributed by atoms with Crippen molar-refractivity contribution in [3.8, 4) is 0 Å². The molecule has 112 valence electrons. The second-order valence-corrected chi connectivity index (χ2v) is 6.92. The SMILES string of the molecule is O=C(O)CC1(CNc2nccc3sccc23)CCCCC1. The van der Waals surface area contributed by atoms with Gasteiger partial charge in [0.15, 0.2) is 0 Å². The number of nitrogens with one attached hydrogen (secondary N) is 1. The van der Waals surface area contributed by atoms with Gasteiger partial charge in [-0.3, -0.25) is 4.79 Å². The number of carboxylic acids is 1. The lowest BCUT2D eigenvalue weighted by atomic mass is 9.71. The molecule has 1 aliphatic rings. The first kappa shape index (κ1) is 14.3. The van der Waals surface area contributed by atoms with E-state index >= 15 is 0 Å². The molecule has 0 saturated heterocycles. The van der Waals surface area contributed by atoms with Crippen molar-refractivity contribution in [2.75, 3.05) is 11.9 Å². The minimum absolute atomic E-state index is 0.121. The van der Waals surface area contributed by atoms with Crippen molar-refractivity contribution < 1.29 is 9.90 Å². The molecule has 2 N–H and O–H groups in total. The highest BCUT2D eigenvalue weighted by Gasteiger charge is 2.34. The molecule has 2 aromatic heterocycles. The minimum Gasteiger partial charge on any atom is -0.481 e. The number of thiophene rings is 1. The van der Waals surface area contributed by atoms with E-state index in [0.717, 1.165) is 36.9 Å². The molecule has 4 nitrogen and oxygen atoms in total. The Morgan fingerprint density at radius 1 is 1.33 bits per heavy atom. The Kier molecular flexibility index (Phi) is 4.10. The molecule has 1 saturated carbocycles. The molecule has 3 rings (SSSR count). The zero-order valence-corrected chi connectivity index (χ0v) is 12.8. The fourth-order valence-corrected chi connectivity index (χ4v) is 4.13. The molecule has 5 heteroatoms. The number of nitrogens with zero attached hydrogens (tertiary/aromatic N) is 1. The van der Waals surface area contributed by atoms with Crippen LogP contribution in [0.5, 0.6) is 0 Å². The Morgan fingerprint density at radius 3 is 2.90 bits per heavy atom. The van der Waals surface area contributed by atoms with Crippen molar-refractivity contribution in [2.24, 2.45) is 5.41 Å². The molecule has 2 aromatic rings. The van der Waals surface area contributed by atoms with Crippen LogP contribution in [-0.4, -0.2) is 22.6 Å². The van der Waals surface area contributed by atoms with Gasteiger partial charge in [0.1, 0.15) is 5.82 Å². The average Bonchev–Trinajstić information content (AvgIpc) is 2.94. The lowest BCUT2D eigenvalue weighted by Gasteiger charge is -2.36. The molecule has 1 aliphatic carbocycles. The van der Waals surface area contributed by atoms with E-state index in [4.69, 9.17) is 0 Å². The van der Waals surface area contributed by atoms with Crippen molar-refractivity contribution in [3.63, 3.8) is 0 Å². The van der Waals surface area contributed by atoms with E-state index in [1.807, 2.05) is 12.3 Å². The monoisotopic (exact) mass is 304 g/mol. The number of carboxylic acid groups (broad SMARTS) is 1. The van der Waals surface area contributed by atoms with Gasteiger partial charge in [0.2, 0.25) is 0 Å². The smallest absolute Gasteiger partial charge is 0.303 e. The van der Waals surface area contributed by atoms with Crippen molar-refractivity contribution in [1.82, 2.24) is 4.98 Å². The van der Waals surface area contributed by atoms with Crippen molar-refractivity contribution in [2.45, 2.75) is 38.5 Å². The number of aromatic nitrogens is 1. The standard InChI is InChI=1S/C16H20N2O2S/c19-14(20)10-16(6-2-1-3-7-16)11-18-15-12-5-9-21-13(12)4-8-17-15/h4-5,8-9H,1-3,6-7,10-11H2,(H,17,18)(H,19,20). The third kappa shape index (κ3) is 3.18. The van der Waals surface area contributed by atoms with Crippen molar-refractivity contribution >= 4 is 33.2 Å². The predicted molar refractivity (Wildman–Crippen MR) is 85.9 cm³/mol. The average molecular weight is 304 g/mol. The van der Waals surface area contributed by atoms with Gasteiger partial charge >= 0.3 is 5.97 Å². The maximum Gasteiger partial charge on any atom is 0.303 e. The van der Waals surface area contributed by atoms with Crippen LogP contribution in [0, 0.1) is 5.41 Å². The van der Waals surface area contributed by atoms with E-state index in [2.05, 4.69) is 21.7 Å². The highest BCUT2D eigenvalue weighted by molar-refractivity contribution is 7.17. The molecule has 0 bridgehead atoms. The first-order chi connectivity index (χ1) is 10.2. The highest BCUT2D eigenvalue weighted by Crippen LogP contribution is 2.40. The normalized spacial score (nSPS) is 17.7. The summed E-state index contributed by atoms with van der Waals surface area (Å²) in [5.41, 5.74) is -0.121. The Hall–Kier alpha value is -1.62. The van der Waals surface area contributed by atoms with Crippen LogP contribution in [0.3, 0.4) is 0 Å². The lowest BCUT2D eigenvalue weighted by molar-refractivity contribution is -0.140. The summed E-state index contributed by atoms with van der Waals surface area (Å²) in [6, 6.07) is 4.08. The van der Waals surface area contributed by atoms with Crippen molar-refractivity contribution in [3.05, 3.63) is 23.7 Å². The van der Waals surface area contributed by atoms with E-state index in [1.54, 1.807) is 11.3 Å². The first-order valence-electron chi connectivity index (χ1n) is 7.46. The van der Waals surface area contributed by atoms with Gasteiger partial charge in [-0.05, 0) is 35.8 Å². The van der Waals surface area contributed by atoms with Crippen LogP contribution in [0.4, 0.5) is 5.82 Å². The Morgan fingerprint density at radius 2 is 2.14 bits per heavy atom. The van der Waals surface area contributed by atoms with Gasteiger partial charge in [-0.2, -0.15) is 0 Å². The fraction of sp³-hybridized carbons (Fsp3) is 0.500. The maximum atomic E-state index is 11.2.